The maximum absolute atomic E-state index is 12.3. The summed E-state index contributed by atoms with van der Waals surface area (Å²) in [5.74, 6) is 0.209. The molecule has 0 saturated carbocycles. The van der Waals surface area contributed by atoms with Crippen molar-refractivity contribution in [1.82, 2.24) is 14.8 Å². The van der Waals surface area contributed by atoms with Gasteiger partial charge in [-0.15, -0.1) is 11.3 Å². The van der Waals surface area contributed by atoms with Crippen LogP contribution < -0.4 is 0 Å². The smallest absolute Gasteiger partial charge is 0.228 e. The standard InChI is InChI=1S/C20H25N3O2S/c24-19(23-6-1-2-7-23)13-18-15-26-20(21-18)17-5-3-4-16(12-17)14-22-8-10-25-11-9-22/h3-5,12,15H,1-2,6-11,13-14H2. The van der Waals surface area contributed by atoms with E-state index in [-0.39, 0.29) is 5.91 Å². The summed E-state index contributed by atoms with van der Waals surface area (Å²) in [6.07, 6.45) is 2.68. The predicted molar refractivity (Wildman–Crippen MR) is 103 cm³/mol. The zero-order valence-corrected chi connectivity index (χ0v) is 15.8. The summed E-state index contributed by atoms with van der Waals surface area (Å²) in [5, 5.41) is 3.02. The van der Waals surface area contributed by atoms with Crippen LogP contribution in [0.5, 0.6) is 0 Å². The van der Waals surface area contributed by atoms with Crippen LogP contribution in [0.2, 0.25) is 0 Å². The Labute approximate surface area is 158 Å². The van der Waals surface area contributed by atoms with Crippen LogP contribution in [-0.2, 0) is 22.5 Å². The van der Waals surface area contributed by atoms with Crippen molar-refractivity contribution in [2.75, 3.05) is 39.4 Å². The Morgan fingerprint density at radius 3 is 2.77 bits per heavy atom. The summed E-state index contributed by atoms with van der Waals surface area (Å²) in [5.41, 5.74) is 3.33. The van der Waals surface area contributed by atoms with E-state index in [0.29, 0.717) is 6.42 Å². The Balaban J connectivity index is 1.41. The molecule has 0 N–H and O–H groups in total. The number of carbonyl (C=O) groups is 1. The highest BCUT2D eigenvalue weighted by Gasteiger charge is 2.19. The number of rotatable bonds is 5. The number of thiazole rings is 1. The first-order valence-corrected chi connectivity index (χ1v) is 10.3. The van der Waals surface area contributed by atoms with Crippen molar-refractivity contribution in [3.63, 3.8) is 0 Å². The Bertz CT molecular complexity index is 749. The third-order valence-corrected chi connectivity index (χ3v) is 5.97. The minimum Gasteiger partial charge on any atom is -0.379 e. The highest BCUT2D eigenvalue weighted by atomic mass is 32.1. The molecule has 0 bridgehead atoms. The summed E-state index contributed by atoms with van der Waals surface area (Å²) >= 11 is 1.63. The molecule has 0 radical (unpaired) electrons. The van der Waals surface area contributed by atoms with Crippen molar-refractivity contribution >= 4 is 17.2 Å². The summed E-state index contributed by atoms with van der Waals surface area (Å²) < 4.78 is 5.42. The number of likely N-dealkylation sites (tertiary alicyclic amines) is 1. The number of hydrogen-bond acceptors (Lipinski definition) is 5. The first-order chi connectivity index (χ1) is 12.8. The molecule has 2 saturated heterocycles. The first-order valence-electron chi connectivity index (χ1n) is 9.39. The topological polar surface area (TPSA) is 45.7 Å². The lowest BCUT2D eigenvalue weighted by molar-refractivity contribution is -0.129. The van der Waals surface area contributed by atoms with Crippen LogP contribution >= 0.6 is 11.3 Å². The molecule has 2 aromatic rings. The lowest BCUT2D eigenvalue weighted by atomic mass is 10.1. The second-order valence-electron chi connectivity index (χ2n) is 7.00. The summed E-state index contributed by atoms with van der Waals surface area (Å²) in [4.78, 5) is 21.4. The van der Waals surface area contributed by atoms with E-state index in [0.717, 1.165) is 75.0 Å². The molecule has 1 aromatic heterocycles. The molecule has 0 unspecified atom stereocenters. The molecule has 2 fully saturated rings. The van der Waals surface area contributed by atoms with Crippen molar-refractivity contribution in [2.24, 2.45) is 0 Å². The van der Waals surface area contributed by atoms with Crippen LogP contribution in [0.15, 0.2) is 29.6 Å². The van der Waals surface area contributed by atoms with Gasteiger partial charge in [-0.2, -0.15) is 0 Å². The maximum Gasteiger partial charge on any atom is 0.228 e. The number of amides is 1. The molecule has 2 aliphatic rings. The van der Waals surface area contributed by atoms with E-state index in [1.165, 1.54) is 5.56 Å². The number of nitrogens with zero attached hydrogens (tertiary/aromatic N) is 3. The van der Waals surface area contributed by atoms with Crippen LogP contribution in [0.1, 0.15) is 24.1 Å². The SMILES string of the molecule is O=C(Cc1csc(-c2cccc(CN3CCOCC3)c2)n1)N1CCCC1. The van der Waals surface area contributed by atoms with Crippen molar-refractivity contribution in [1.29, 1.82) is 0 Å². The number of morpholine rings is 1. The van der Waals surface area contributed by atoms with Gasteiger partial charge in [0.25, 0.3) is 0 Å². The fraction of sp³-hybridized carbons (Fsp3) is 0.500. The second-order valence-corrected chi connectivity index (χ2v) is 7.86. The molecular weight excluding hydrogens is 346 g/mol. The average Bonchev–Trinajstić information content (AvgIpc) is 3.35. The van der Waals surface area contributed by atoms with Gasteiger partial charge < -0.3 is 9.64 Å². The molecule has 138 valence electrons. The highest BCUT2D eigenvalue weighted by Crippen LogP contribution is 2.25. The molecule has 0 aliphatic carbocycles. The average molecular weight is 372 g/mol. The molecule has 3 heterocycles. The van der Waals surface area contributed by atoms with Crippen LogP contribution in [0.4, 0.5) is 0 Å². The molecule has 0 spiro atoms. The molecular formula is C20H25N3O2S. The summed E-state index contributed by atoms with van der Waals surface area (Å²) in [6, 6.07) is 8.60. The van der Waals surface area contributed by atoms with Gasteiger partial charge >= 0.3 is 0 Å². The molecule has 1 amide bonds. The molecule has 26 heavy (non-hydrogen) atoms. The molecule has 5 nitrogen and oxygen atoms in total. The number of carbonyl (C=O) groups excluding carboxylic acids is 1. The lowest BCUT2D eigenvalue weighted by Crippen LogP contribution is -2.35. The predicted octanol–water partition coefficient (Wildman–Crippen LogP) is 2.81. The van der Waals surface area contributed by atoms with Gasteiger partial charge in [-0.05, 0) is 24.5 Å². The van der Waals surface area contributed by atoms with E-state index in [2.05, 4.69) is 29.2 Å². The first kappa shape index (κ1) is 17.6. The van der Waals surface area contributed by atoms with Gasteiger partial charge in [0.05, 0.1) is 25.3 Å². The number of hydrogen-bond donors (Lipinski definition) is 0. The largest absolute Gasteiger partial charge is 0.379 e. The van der Waals surface area contributed by atoms with Gasteiger partial charge in [0.1, 0.15) is 5.01 Å². The van der Waals surface area contributed by atoms with Gasteiger partial charge in [0.15, 0.2) is 0 Å². The van der Waals surface area contributed by atoms with E-state index in [1.807, 2.05) is 10.3 Å². The molecule has 6 heteroatoms. The second kappa shape index (κ2) is 8.29. The van der Waals surface area contributed by atoms with Crippen LogP contribution in [0.3, 0.4) is 0 Å². The number of ether oxygens (including phenoxy) is 1. The Kier molecular flexibility index (Phi) is 5.62. The highest BCUT2D eigenvalue weighted by molar-refractivity contribution is 7.13. The van der Waals surface area contributed by atoms with Gasteiger partial charge in [0.2, 0.25) is 5.91 Å². The normalized spacial score (nSPS) is 18.4. The van der Waals surface area contributed by atoms with E-state index >= 15 is 0 Å². The van der Waals surface area contributed by atoms with Gasteiger partial charge in [-0.25, -0.2) is 4.98 Å². The third kappa shape index (κ3) is 4.31. The summed E-state index contributed by atoms with van der Waals surface area (Å²) in [7, 11) is 0. The maximum atomic E-state index is 12.3. The minimum atomic E-state index is 0.209. The van der Waals surface area contributed by atoms with Gasteiger partial charge in [0, 0.05) is 43.7 Å². The molecule has 1 aromatic carbocycles. The Morgan fingerprint density at radius 1 is 1.15 bits per heavy atom. The fourth-order valence-corrected chi connectivity index (χ4v) is 4.39. The Hall–Kier alpha value is -1.76. The van der Waals surface area contributed by atoms with Crippen molar-refractivity contribution in [2.45, 2.75) is 25.8 Å². The number of aromatic nitrogens is 1. The summed E-state index contributed by atoms with van der Waals surface area (Å²) in [6.45, 7) is 6.37. The third-order valence-electron chi connectivity index (χ3n) is 5.03. The van der Waals surface area contributed by atoms with Crippen LogP contribution in [-0.4, -0.2) is 60.1 Å². The van der Waals surface area contributed by atoms with Crippen LogP contribution in [0, 0.1) is 0 Å². The number of benzene rings is 1. The van der Waals surface area contributed by atoms with Gasteiger partial charge in [-0.3, -0.25) is 9.69 Å². The quantitative estimate of drug-likeness (QED) is 0.811. The fourth-order valence-electron chi connectivity index (χ4n) is 3.57. The zero-order chi connectivity index (χ0) is 17.8. The van der Waals surface area contributed by atoms with E-state index in [1.54, 1.807) is 11.3 Å². The van der Waals surface area contributed by atoms with Crippen molar-refractivity contribution in [3.05, 3.63) is 40.9 Å². The van der Waals surface area contributed by atoms with E-state index < -0.39 is 0 Å². The van der Waals surface area contributed by atoms with Crippen molar-refractivity contribution in [3.8, 4) is 10.6 Å². The minimum absolute atomic E-state index is 0.209. The molecule has 2 aliphatic heterocycles. The lowest BCUT2D eigenvalue weighted by Gasteiger charge is -2.26. The van der Waals surface area contributed by atoms with Gasteiger partial charge in [-0.1, -0.05) is 18.2 Å². The Morgan fingerprint density at radius 2 is 1.96 bits per heavy atom. The van der Waals surface area contributed by atoms with Crippen LogP contribution in [0.25, 0.3) is 10.6 Å². The van der Waals surface area contributed by atoms with E-state index in [4.69, 9.17) is 9.72 Å². The monoisotopic (exact) mass is 371 g/mol. The van der Waals surface area contributed by atoms with E-state index in [9.17, 15) is 4.79 Å². The molecule has 0 atom stereocenters. The zero-order valence-electron chi connectivity index (χ0n) is 15.0. The molecule has 4 rings (SSSR count). The van der Waals surface area contributed by atoms with Crippen molar-refractivity contribution < 1.29 is 9.53 Å².